The van der Waals surface area contributed by atoms with Gasteiger partial charge in [0, 0.05) is 12.6 Å². The topological polar surface area (TPSA) is 39.1 Å². The summed E-state index contributed by atoms with van der Waals surface area (Å²) in [6.45, 7) is 5.54. The Morgan fingerprint density at radius 3 is 2.79 bits per heavy atom. The van der Waals surface area contributed by atoms with Crippen LogP contribution in [0.4, 0.5) is 5.69 Å². The van der Waals surface area contributed by atoms with E-state index in [1.165, 1.54) is 32.4 Å². The Balaban J connectivity index is 1.97. The Morgan fingerprint density at radius 2 is 2.11 bits per heavy atom. The summed E-state index contributed by atoms with van der Waals surface area (Å²) in [4.78, 5) is 2.48. The molecule has 1 N–H and O–H groups in total. The second kappa shape index (κ2) is 6.79. The number of anilines is 1. The number of hydrogen-bond donors (Lipinski definition) is 1. The molecule has 1 saturated heterocycles. The number of hydrogen-bond acceptors (Lipinski definition) is 3. The van der Waals surface area contributed by atoms with E-state index in [0.717, 1.165) is 12.2 Å². The Kier molecular flexibility index (Phi) is 5.07. The summed E-state index contributed by atoms with van der Waals surface area (Å²) >= 11 is 6.03. The fourth-order valence-electron chi connectivity index (χ4n) is 2.60. The van der Waals surface area contributed by atoms with Gasteiger partial charge < -0.3 is 10.2 Å². The van der Waals surface area contributed by atoms with Crippen molar-refractivity contribution >= 4 is 17.3 Å². The number of nitrogens with zero attached hydrogens (tertiary/aromatic N) is 2. The van der Waals surface area contributed by atoms with Crippen molar-refractivity contribution in [3.8, 4) is 6.07 Å². The second-order valence-corrected chi connectivity index (χ2v) is 5.59. The van der Waals surface area contributed by atoms with Crippen molar-refractivity contribution in [2.75, 3.05) is 25.0 Å². The van der Waals surface area contributed by atoms with Crippen LogP contribution in [0.5, 0.6) is 0 Å². The van der Waals surface area contributed by atoms with Crippen LogP contribution in [-0.2, 0) is 0 Å². The van der Waals surface area contributed by atoms with Crippen LogP contribution in [0.15, 0.2) is 18.2 Å². The van der Waals surface area contributed by atoms with Crippen molar-refractivity contribution in [2.45, 2.75) is 32.2 Å². The molecule has 0 saturated carbocycles. The maximum atomic E-state index is 9.15. The predicted octanol–water partition coefficient (Wildman–Crippen LogP) is 3.50. The molecule has 0 spiro atoms. The van der Waals surface area contributed by atoms with Crippen LogP contribution in [0, 0.1) is 11.3 Å². The molecule has 1 aromatic carbocycles. The van der Waals surface area contributed by atoms with Crippen LogP contribution in [0.25, 0.3) is 0 Å². The van der Waals surface area contributed by atoms with E-state index in [1.54, 1.807) is 6.07 Å². The third-order valence-corrected chi connectivity index (χ3v) is 3.82. The van der Waals surface area contributed by atoms with Crippen LogP contribution in [0.3, 0.4) is 0 Å². The Bertz CT molecular complexity index is 461. The van der Waals surface area contributed by atoms with Gasteiger partial charge >= 0.3 is 0 Å². The van der Waals surface area contributed by atoms with Gasteiger partial charge in [0.25, 0.3) is 0 Å². The van der Waals surface area contributed by atoms with Crippen LogP contribution in [0.1, 0.15) is 31.7 Å². The fraction of sp³-hybridized carbons (Fsp3) is 0.533. The van der Waals surface area contributed by atoms with Crippen molar-refractivity contribution in [1.29, 1.82) is 5.26 Å². The third-order valence-electron chi connectivity index (χ3n) is 3.51. The Morgan fingerprint density at radius 1 is 1.37 bits per heavy atom. The molecule has 19 heavy (non-hydrogen) atoms. The van der Waals surface area contributed by atoms with Crippen molar-refractivity contribution in [2.24, 2.45) is 0 Å². The van der Waals surface area contributed by atoms with E-state index in [0.29, 0.717) is 16.6 Å². The van der Waals surface area contributed by atoms with E-state index in [9.17, 15) is 0 Å². The van der Waals surface area contributed by atoms with Crippen LogP contribution < -0.4 is 5.32 Å². The smallest absolute Gasteiger partial charge is 0.103 e. The molecule has 0 aliphatic carbocycles. The van der Waals surface area contributed by atoms with Crippen molar-refractivity contribution in [1.82, 2.24) is 4.90 Å². The summed E-state index contributed by atoms with van der Waals surface area (Å²) in [5.41, 5.74) is 1.37. The van der Waals surface area contributed by atoms with Gasteiger partial charge in [0.1, 0.15) is 6.07 Å². The third kappa shape index (κ3) is 3.86. The molecule has 3 nitrogen and oxygen atoms in total. The molecular weight excluding hydrogens is 258 g/mol. The lowest BCUT2D eigenvalue weighted by Crippen LogP contribution is -2.38. The van der Waals surface area contributed by atoms with E-state index < -0.39 is 0 Å². The summed E-state index contributed by atoms with van der Waals surface area (Å²) in [7, 11) is 0. The highest BCUT2D eigenvalue weighted by molar-refractivity contribution is 6.32. The van der Waals surface area contributed by atoms with E-state index in [1.807, 2.05) is 12.1 Å². The first-order valence-corrected chi connectivity index (χ1v) is 7.26. The van der Waals surface area contributed by atoms with Gasteiger partial charge in [-0.2, -0.15) is 5.26 Å². The quantitative estimate of drug-likeness (QED) is 0.916. The van der Waals surface area contributed by atoms with Gasteiger partial charge in [-0.15, -0.1) is 0 Å². The highest BCUT2D eigenvalue weighted by atomic mass is 35.5. The van der Waals surface area contributed by atoms with Crippen LogP contribution in [-0.4, -0.2) is 30.6 Å². The zero-order valence-electron chi connectivity index (χ0n) is 11.3. The van der Waals surface area contributed by atoms with E-state index in [4.69, 9.17) is 16.9 Å². The van der Waals surface area contributed by atoms with Gasteiger partial charge in [-0.3, -0.25) is 0 Å². The highest BCUT2D eigenvalue weighted by Gasteiger charge is 2.14. The van der Waals surface area contributed by atoms with E-state index >= 15 is 0 Å². The Labute approximate surface area is 120 Å². The largest absolute Gasteiger partial charge is 0.380 e. The molecule has 1 unspecified atom stereocenters. The number of piperidine rings is 1. The molecule has 4 heteroatoms. The van der Waals surface area contributed by atoms with Gasteiger partial charge in [0.05, 0.1) is 16.3 Å². The lowest BCUT2D eigenvalue weighted by atomic mass is 10.1. The molecule has 1 aliphatic heterocycles. The van der Waals surface area contributed by atoms with Crippen molar-refractivity contribution in [3.63, 3.8) is 0 Å². The first kappa shape index (κ1) is 14.2. The van der Waals surface area contributed by atoms with Gasteiger partial charge in [-0.25, -0.2) is 0 Å². The molecular formula is C15H20ClN3. The molecule has 0 aromatic heterocycles. The predicted molar refractivity (Wildman–Crippen MR) is 79.5 cm³/mol. The van der Waals surface area contributed by atoms with E-state index in [2.05, 4.69) is 23.2 Å². The van der Waals surface area contributed by atoms with Gasteiger partial charge in [0.15, 0.2) is 0 Å². The van der Waals surface area contributed by atoms with Crippen molar-refractivity contribution < 1.29 is 0 Å². The number of likely N-dealkylation sites (tertiary alicyclic amines) is 1. The van der Waals surface area contributed by atoms with Gasteiger partial charge in [0.2, 0.25) is 0 Å². The van der Waals surface area contributed by atoms with Gasteiger partial charge in [-0.1, -0.05) is 24.1 Å². The number of halogens is 1. The maximum absolute atomic E-state index is 9.15. The summed E-state index contributed by atoms with van der Waals surface area (Å²) in [6.07, 6.45) is 3.95. The van der Waals surface area contributed by atoms with Gasteiger partial charge in [-0.05, 0) is 45.0 Å². The minimum absolute atomic E-state index is 0.309. The average molecular weight is 278 g/mol. The minimum Gasteiger partial charge on any atom is -0.380 e. The lowest BCUT2D eigenvalue weighted by molar-refractivity contribution is 0.223. The first-order chi connectivity index (χ1) is 9.20. The van der Waals surface area contributed by atoms with Crippen molar-refractivity contribution in [3.05, 3.63) is 28.8 Å². The highest BCUT2D eigenvalue weighted by Crippen LogP contribution is 2.24. The van der Waals surface area contributed by atoms with E-state index in [-0.39, 0.29) is 0 Å². The summed E-state index contributed by atoms with van der Waals surface area (Å²) < 4.78 is 0. The average Bonchev–Trinajstić information content (AvgIpc) is 2.40. The summed E-state index contributed by atoms with van der Waals surface area (Å²) in [5, 5.41) is 13.1. The maximum Gasteiger partial charge on any atom is 0.103 e. The monoisotopic (exact) mass is 277 g/mol. The Hall–Kier alpha value is -1.24. The zero-order chi connectivity index (χ0) is 13.7. The molecule has 102 valence electrons. The molecule has 0 amide bonds. The summed E-state index contributed by atoms with van der Waals surface area (Å²) in [6, 6.07) is 8.01. The SMILES string of the molecule is CC(CN1CCCCC1)Nc1cccc(Cl)c1C#N. The normalized spacial score (nSPS) is 17.7. The zero-order valence-corrected chi connectivity index (χ0v) is 12.1. The number of nitriles is 1. The molecule has 0 radical (unpaired) electrons. The second-order valence-electron chi connectivity index (χ2n) is 5.18. The minimum atomic E-state index is 0.309. The molecule has 1 heterocycles. The number of rotatable bonds is 4. The number of nitrogens with one attached hydrogen (secondary N) is 1. The molecule has 1 aromatic rings. The van der Waals surface area contributed by atoms with Crippen LogP contribution in [0.2, 0.25) is 5.02 Å². The summed E-state index contributed by atoms with van der Waals surface area (Å²) in [5.74, 6) is 0. The molecule has 1 atom stereocenters. The fourth-order valence-corrected chi connectivity index (χ4v) is 2.82. The van der Waals surface area contributed by atoms with Crippen LogP contribution >= 0.6 is 11.6 Å². The molecule has 0 bridgehead atoms. The lowest BCUT2D eigenvalue weighted by Gasteiger charge is -2.29. The molecule has 1 aliphatic rings. The standard InChI is InChI=1S/C15H20ClN3/c1-12(11-19-8-3-2-4-9-19)18-15-7-5-6-14(16)13(15)10-17/h5-7,12,18H,2-4,8-9,11H2,1H3. The molecule has 1 fully saturated rings. The first-order valence-electron chi connectivity index (χ1n) is 6.88. The number of benzene rings is 1. The molecule has 2 rings (SSSR count).